The number of hydrogen-bond donors (Lipinski definition) is 1. The predicted octanol–water partition coefficient (Wildman–Crippen LogP) is 4.52. The number of anilines is 1. The predicted molar refractivity (Wildman–Crippen MR) is 91.8 cm³/mol. The number of H-pyrrole nitrogens is 1. The van der Waals surface area contributed by atoms with Crippen LogP contribution in [0, 0.1) is 0 Å². The number of benzene rings is 1. The lowest BCUT2D eigenvalue weighted by Crippen LogP contribution is -2.39. The summed E-state index contributed by atoms with van der Waals surface area (Å²) in [6.07, 6.45) is 1.42. The van der Waals surface area contributed by atoms with E-state index in [2.05, 4.69) is 4.98 Å². The molecular weight excluding hydrogens is 316 g/mol. The third kappa shape index (κ3) is 2.98. The van der Waals surface area contributed by atoms with Gasteiger partial charge in [-0.1, -0.05) is 11.6 Å². The minimum atomic E-state index is -0.532. The van der Waals surface area contributed by atoms with Gasteiger partial charge in [0.15, 0.2) is 0 Å². The quantitative estimate of drug-likeness (QED) is 0.833. The number of carbonyl (C=O) groups excluding carboxylic acids is 1. The van der Waals surface area contributed by atoms with Crippen LogP contribution in [0.3, 0.4) is 0 Å². The summed E-state index contributed by atoms with van der Waals surface area (Å²) in [5, 5.41) is 1.47. The highest BCUT2D eigenvalue weighted by Gasteiger charge is 2.30. The summed E-state index contributed by atoms with van der Waals surface area (Å²) >= 11 is 6.35. The number of aromatic nitrogens is 1. The van der Waals surface area contributed by atoms with Crippen molar-refractivity contribution in [2.24, 2.45) is 0 Å². The second-order valence-corrected chi connectivity index (χ2v) is 7.13. The highest BCUT2D eigenvalue weighted by molar-refractivity contribution is 6.36. The van der Waals surface area contributed by atoms with Gasteiger partial charge in [0.1, 0.15) is 11.4 Å². The van der Waals surface area contributed by atoms with Crippen molar-refractivity contribution in [1.82, 2.24) is 4.98 Å². The first-order valence-corrected chi connectivity index (χ1v) is 8.06. The van der Waals surface area contributed by atoms with Gasteiger partial charge in [0.2, 0.25) is 0 Å². The van der Waals surface area contributed by atoms with Gasteiger partial charge in [0, 0.05) is 23.7 Å². The number of nitrogens with zero attached hydrogens (tertiary/aromatic N) is 1. The second-order valence-electron chi connectivity index (χ2n) is 6.72. The Bertz CT molecular complexity index is 761. The lowest BCUT2D eigenvalue weighted by molar-refractivity contribution is 0.0578. The number of ether oxygens (including phenoxy) is 2. The average Bonchev–Trinajstić information content (AvgIpc) is 2.84. The number of methoxy groups -OCH3 is 1. The summed E-state index contributed by atoms with van der Waals surface area (Å²) in [6.45, 7) is 6.23. The molecule has 6 heteroatoms. The molecule has 0 bridgehead atoms. The Morgan fingerprint density at radius 2 is 2.09 bits per heavy atom. The van der Waals surface area contributed by atoms with E-state index in [9.17, 15) is 4.79 Å². The number of fused-ring (bicyclic) bond motifs is 3. The van der Waals surface area contributed by atoms with Gasteiger partial charge < -0.3 is 14.5 Å². The number of nitrogens with one attached hydrogen (secondary N) is 1. The van der Waals surface area contributed by atoms with Gasteiger partial charge in [-0.2, -0.15) is 0 Å². The third-order valence-electron chi connectivity index (χ3n) is 3.81. The highest BCUT2D eigenvalue weighted by atomic mass is 35.5. The molecular formula is C17H21ClN2O3. The summed E-state index contributed by atoms with van der Waals surface area (Å²) in [5.74, 6) is 0.666. The fourth-order valence-corrected chi connectivity index (χ4v) is 3.16. The number of rotatable bonds is 1. The van der Waals surface area contributed by atoms with Crippen molar-refractivity contribution in [1.29, 1.82) is 0 Å². The average molecular weight is 337 g/mol. The molecule has 0 unspecified atom stereocenters. The minimum Gasteiger partial charge on any atom is -0.497 e. The zero-order chi connectivity index (χ0) is 16.8. The van der Waals surface area contributed by atoms with E-state index < -0.39 is 5.60 Å². The molecule has 1 N–H and O–H groups in total. The number of hydrogen-bond acceptors (Lipinski definition) is 3. The summed E-state index contributed by atoms with van der Waals surface area (Å²) in [5.41, 5.74) is 2.15. The molecule has 0 saturated carbocycles. The molecule has 0 spiro atoms. The monoisotopic (exact) mass is 336 g/mol. The van der Waals surface area contributed by atoms with Gasteiger partial charge in [0.05, 0.1) is 23.3 Å². The van der Waals surface area contributed by atoms with Gasteiger partial charge in [-0.25, -0.2) is 4.79 Å². The summed E-state index contributed by atoms with van der Waals surface area (Å²) in [7, 11) is 1.60. The molecule has 2 heterocycles. The molecule has 3 rings (SSSR count). The molecule has 1 aliphatic rings. The van der Waals surface area contributed by atoms with E-state index in [1.165, 1.54) is 0 Å². The Balaban J connectivity index is 2.11. The molecule has 0 atom stereocenters. The van der Waals surface area contributed by atoms with Crippen LogP contribution >= 0.6 is 11.6 Å². The van der Waals surface area contributed by atoms with Crippen molar-refractivity contribution < 1.29 is 14.3 Å². The van der Waals surface area contributed by atoms with E-state index in [1.807, 2.05) is 26.8 Å². The Morgan fingerprint density at radius 1 is 1.35 bits per heavy atom. The standard InChI is InChI=1S/C17H21ClN2O3/c1-17(2,3)23-16(21)20-7-5-6-13-15(20)11-8-10(22-4)9-12(18)14(11)19-13/h8-9,19H,5-7H2,1-4H3. The maximum absolute atomic E-state index is 12.6. The molecule has 124 valence electrons. The molecule has 0 saturated heterocycles. The van der Waals surface area contributed by atoms with E-state index in [0.717, 1.165) is 35.1 Å². The van der Waals surface area contributed by atoms with Crippen LogP contribution in [0.5, 0.6) is 5.75 Å². The highest BCUT2D eigenvalue weighted by Crippen LogP contribution is 2.40. The van der Waals surface area contributed by atoms with Crippen LogP contribution in [-0.4, -0.2) is 30.3 Å². The fourth-order valence-electron chi connectivity index (χ4n) is 2.90. The third-order valence-corrected chi connectivity index (χ3v) is 4.11. The van der Waals surface area contributed by atoms with E-state index in [0.29, 0.717) is 17.3 Å². The molecule has 1 aromatic heterocycles. The van der Waals surface area contributed by atoms with Gasteiger partial charge in [-0.3, -0.25) is 4.90 Å². The summed E-state index contributed by atoms with van der Waals surface area (Å²) < 4.78 is 10.9. The maximum atomic E-state index is 12.6. The van der Waals surface area contributed by atoms with Crippen molar-refractivity contribution in [3.05, 3.63) is 22.8 Å². The topological polar surface area (TPSA) is 54.6 Å². The lowest BCUT2D eigenvalue weighted by Gasteiger charge is -2.30. The second kappa shape index (κ2) is 5.64. The van der Waals surface area contributed by atoms with Crippen LogP contribution in [0.1, 0.15) is 32.9 Å². The van der Waals surface area contributed by atoms with Crippen LogP contribution in [0.2, 0.25) is 5.02 Å². The molecule has 1 amide bonds. The molecule has 1 aromatic carbocycles. The first-order chi connectivity index (χ1) is 10.8. The van der Waals surface area contributed by atoms with E-state index in [-0.39, 0.29) is 6.09 Å². The van der Waals surface area contributed by atoms with Gasteiger partial charge in [0.25, 0.3) is 0 Å². The Kier molecular flexibility index (Phi) is 3.92. The molecule has 0 radical (unpaired) electrons. The van der Waals surface area contributed by atoms with E-state index in [1.54, 1.807) is 18.1 Å². The van der Waals surface area contributed by atoms with Gasteiger partial charge in [-0.15, -0.1) is 0 Å². The minimum absolute atomic E-state index is 0.335. The van der Waals surface area contributed by atoms with Crippen LogP contribution < -0.4 is 9.64 Å². The van der Waals surface area contributed by atoms with Gasteiger partial charge in [-0.05, 0) is 39.7 Å². The van der Waals surface area contributed by atoms with Gasteiger partial charge >= 0.3 is 6.09 Å². The first kappa shape index (κ1) is 16.0. The SMILES string of the molecule is COc1cc(Cl)c2[nH]c3c(c2c1)N(C(=O)OC(C)(C)C)CCC3. The Morgan fingerprint density at radius 3 is 2.74 bits per heavy atom. The molecule has 2 aromatic rings. The summed E-state index contributed by atoms with van der Waals surface area (Å²) in [4.78, 5) is 17.6. The maximum Gasteiger partial charge on any atom is 0.414 e. The van der Waals surface area contributed by atoms with Crippen molar-refractivity contribution in [3.8, 4) is 5.75 Å². The number of amides is 1. The summed E-state index contributed by atoms with van der Waals surface area (Å²) in [6, 6.07) is 3.67. The van der Waals surface area contributed by atoms with Crippen LogP contribution in [0.25, 0.3) is 10.9 Å². The lowest BCUT2D eigenvalue weighted by atomic mass is 10.1. The zero-order valence-corrected chi connectivity index (χ0v) is 14.6. The van der Waals surface area contributed by atoms with Crippen molar-refractivity contribution in [2.75, 3.05) is 18.6 Å². The van der Waals surface area contributed by atoms with E-state index >= 15 is 0 Å². The van der Waals surface area contributed by atoms with Crippen molar-refractivity contribution in [3.63, 3.8) is 0 Å². The van der Waals surface area contributed by atoms with Crippen molar-refractivity contribution in [2.45, 2.75) is 39.2 Å². The normalized spacial score (nSPS) is 14.7. The number of carbonyl (C=O) groups is 1. The molecule has 23 heavy (non-hydrogen) atoms. The van der Waals surface area contributed by atoms with E-state index in [4.69, 9.17) is 21.1 Å². The largest absolute Gasteiger partial charge is 0.497 e. The molecule has 0 fully saturated rings. The van der Waals surface area contributed by atoms with Crippen LogP contribution in [0.4, 0.5) is 10.5 Å². The van der Waals surface area contributed by atoms with Crippen LogP contribution in [-0.2, 0) is 11.2 Å². The number of aryl methyl sites for hydroxylation is 1. The van der Waals surface area contributed by atoms with Crippen LogP contribution in [0.15, 0.2) is 12.1 Å². The Hall–Kier alpha value is -1.88. The zero-order valence-electron chi connectivity index (χ0n) is 13.8. The number of aromatic amines is 1. The number of halogens is 1. The molecule has 0 aliphatic carbocycles. The van der Waals surface area contributed by atoms with Crippen molar-refractivity contribution >= 4 is 34.3 Å². The smallest absolute Gasteiger partial charge is 0.414 e. The molecule has 5 nitrogen and oxygen atoms in total. The first-order valence-electron chi connectivity index (χ1n) is 7.69. The Labute approximate surface area is 140 Å². The fraction of sp³-hybridized carbons (Fsp3) is 0.471. The molecule has 1 aliphatic heterocycles.